The lowest BCUT2D eigenvalue weighted by atomic mass is 9.89. The molecule has 3 aromatic heterocycles. The van der Waals surface area contributed by atoms with Gasteiger partial charge in [0.15, 0.2) is 5.82 Å². The molecule has 0 saturated carbocycles. The molecule has 0 aromatic carbocycles. The molecule has 8 heteroatoms. The summed E-state index contributed by atoms with van der Waals surface area (Å²) >= 11 is 6.09. The summed E-state index contributed by atoms with van der Waals surface area (Å²) in [7, 11) is 0. The van der Waals surface area contributed by atoms with Crippen molar-refractivity contribution in [2.45, 2.75) is 45.2 Å². The Morgan fingerprint density at radius 1 is 1.37 bits per heavy atom. The van der Waals surface area contributed by atoms with Gasteiger partial charge in [-0.05, 0) is 55.5 Å². The number of hydrogen-bond acceptors (Lipinski definition) is 4. The molecule has 0 fully saturated rings. The van der Waals surface area contributed by atoms with Gasteiger partial charge in [0.05, 0.1) is 18.3 Å². The molecule has 4 rings (SSSR count). The Morgan fingerprint density at radius 3 is 2.89 bits per heavy atom. The summed E-state index contributed by atoms with van der Waals surface area (Å²) in [6, 6.07) is 3.56. The highest BCUT2D eigenvalue weighted by molar-refractivity contribution is 6.28. The Morgan fingerprint density at radius 2 is 2.22 bits per heavy atom. The maximum atomic E-state index is 14.1. The van der Waals surface area contributed by atoms with Crippen molar-refractivity contribution >= 4 is 28.5 Å². The second-order valence-electron chi connectivity index (χ2n) is 6.61. The van der Waals surface area contributed by atoms with Crippen molar-refractivity contribution in [1.82, 2.24) is 14.5 Å². The average molecular weight is 393 g/mol. The number of halogens is 3. The van der Waals surface area contributed by atoms with Gasteiger partial charge in [-0.1, -0.05) is 12.2 Å². The van der Waals surface area contributed by atoms with Crippen LogP contribution in [0.1, 0.15) is 48.7 Å². The molecule has 0 saturated heterocycles. The zero-order chi connectivity index (χ0) is 19.0. The largest absolute Gasteiger partial charge is 0.467 e. The van der Waals surface area contributed by atoms with E-state index in [1.807, 2.05) is 6.92 Å². The predicted molar refractivity (Wildman–Crippen MR) is 100 cm³/mol. The van der Waals surface area contributed by atoms with Crippen LogP contribution in [0.2, 0.25) is 5.28 Å². The number of fused-ring (bicyclic) bond motifs is 1. The molecule has 1 aliphatic rings. The Labute approximate surface area is 160 Å². The van der Waals surface area contributed by atoms with Gasteiger partial charge in [0.2, 0.25) is 5.28 Å². The molecule has 1 unspecified atom stereocenters. The van der Waals surface area contributed by atoms with Crippen LogP contribution in [0, 0.1) is 6.92 Å². The summed E-state index contributed by atoms with van der Waals surface area (Å²) in [5.74, 6) is 0.972. The van der Waals surface area contributed by atoms with E-state index in [4.69, 9.17) is 16.0 Å². The number of aromatic nitrogens is 3. The van der Waals surface area contributed by atoms with E-state index in [0.717, 1.165) is 29.4 Å². The minimum absolute atomic E-state index is 0.0223. The second kappa shape index (κ2) is 7.31. The number of anilines is 1. The van der Waals surface area contributed by atoms with E-state index in [0.29, 0.717) is 23.5 Å². The summed E-state index contributed by atoms with van der Waals surface area (Å²) in [5, 5.41) is 3.09. The molecule has 0 bridgehead atoms. The van der Waals surface area contributed by atoms with Crippen LogP contribution >= 0.6 is 11.6 Å². The minimum atomic E-state index is -2.70. The monoisotopic (exact) mass is 392 g/mol. The molecule has 3 aromatic rings. The molecule has 0 radical (unpaired) electrons. The number of alkyl halides is 2. The lowest BCUT2D eigenvalue weighted by Gasteiger charge is -2.21. The Kier molecular flexibility index (Phi) is 4.86. The van der Waals surface area contributed by atoms with Crippen molar-refractivity contribution in [3.05, 3.63) is 52.8 Å². The summed E-state index contributed by atoms with van der Waals surface area (Å²) < 4.78 is 34.6. The van der Waals surface area contributed by atoms with Crippen LogP contribution in [-0.2, 0) is 6.54 Å². The molecular formula is C19H19ClF2N4O. The molecule has 27 heavy (non-hydrogen) atoms. The second-order valence-corrected chi connectivity index (χ2v) is 6.95. The SMILES string of the molecule is Cc1c(C2CC=CCC2)n(C(F)F)c2c(NCc3ccco3)nc(Cl)nc12. The van der Waals surface area contributed by atoms with Crippen LogP contribution in [0.25, 0.3) is 11.0 Å². The molecule has 0 aliphatic heterocycles. The molecule has 0 amide bonds. The van der Waals surface area contributed by atoms with E-state index < -0.39 is 6.55 Å². The number of rotatable bonds is 5. The molecule has 5 nitrogen and oxygen atoms in total. The van der Waals surface area contributed by atoms with Crippen molar-refractivity contribution < 1.29 is 13.2 Å². The van der Waals surface area contributed by atoms with Crippen molar-refractivity contribution in [2.24, 2.45) is 0 Å². The van der Waals surface area contributed by atoms with Gasteiger partial charge in [0.25, 0.3) is 0 Å². The topological polar surface area (TPSA) is 55.9 Å². The Bertz CT molecular complexity index is 982. The van der Waals surface area contributed by atoms with E-state index in [-0.39, 0.29) is 22.5 Å². The van der Waals surface area contributed by atoms with Gasteiger partial charge in [0, 0.05) is 11.6 Å². The first-order chi connectivity index (χ1) is 13.1. The predicted octanol–water partition coefficient (Wildman–Crippen LogP) is 5.82. The van der Waals surface area contributed by atoms with Crippen LogP contribution in [0.15, 0.2) is 35.0 Å². The van der Waals surface area contributed by atoms with Crippen LogP contribution in [-0.4, -0.2) is 14.5 Å². The average Bonchev–Trinajstić information content (AvgIpc) is 3.27. The van der Waals surface area contributed by atoms with Crippen LogP contribution in [0.5, 0.6) is 0 Å². The smallest absolute Gasteiger partial charge is 0.319 e. The highest BCUT2D eigenvalue weighted by atomic mass is 35.5. The van der Waals surface area contributed by atoms with E-state index in [9.17, 15) is 8.78 Å². The van der Waals surface area contributed by atoms with Gasteiger partial charge in [-0.25, -0.2) is 4.98 Å². The molecular weight excluding hydrogens is 374 g/mol. The fraction of sp³-hybridized carbons (Fsp3) is 0.368. The zero-order valence-corrected chi connectivity index (χ0v) is 15.5. The third kappa shape index (κ3) is 3.32. The number of allylic oxidation sites excluding steroid dienone is 2. The summed E-state index contributed by atoms with van der Waals surface area (Å²) in [4.78, 5) is 8.43. The van der Waals surface area contributed by atoms with E-state index in [1.54, 1.807) is 18.4 Å². The normalized spacial score (nSPS) is 17.1. The van der Waals surface area contributed by atoms with E-state index in [1.165, 1.54) is 0 Å². The third-order valence-corrected chi connectivity index (χ3v) is 5.13. The first-order valence-corrected chi connectivity index (χ1v) is 9.21. The molecule has 0 spiro atoms. The van der Waals surface area contributed by atoms with Gasteiger partial charge in [-0.3, -0.25) is 4.57 Å². The maximum Gasteiger partial charge on any atom is 0.319 e. The summed E-state index contributed by atoms with van der Waals surface area (Å²) in [6.07, 6.45) is 8.14. The first-order valence-electron chi connectivity index (χ1n) is 8.83. The lowest BCUT2D eigenvalue weighted by molar-refractivity contribution is 0.0708. The molecule has 142 valence electrons. The van der Waals surface area contributed by atoms with Gasteiger partial charge in [-0.15, -0.1) is 0 Å². The number of aryl methyl sites for hydroxylation is 1. The minimum Gasteiger partial charge on any atom is -0.467 e. The molecule has 1 aliphatic carbocycles. The van der Waals surface area contributed by atoms with Gasteiger partial charge < -0.3 is 9.73 Å². The third-order valence-electron chi connectivity index (χ3n) is 4.96. The number of furan rings is 1. The fourth-order valence-electron chi connectivity index (χ4n) is 3.79. The standard InChI is InChI=1S/C19H19ClF2N4O/c1-11-14-16(26(19(21)22)15(11)12-6-3-2-4-7-12)17(25-18(20)24-14)23-10-13-8-5-9-27-13/h2-3,5,8-9,12,19H,4,6-7,10H2,1H3,(H,23,24,25). The number of nitrogens with zero attached hydrogens (tertiary/aromatic N) is 3. The number of nitrogens with one attached hydrogen (secondary N) is 1. The van der Waals surface area contributed by atoms with Gasteiger partial charge in [-0.2, -0.15) is 13.8 Å². The van der Waals surface area contributed by atoms with Crippen LogP contribution in [0.4, 0.5) is 14.6 Å². The Balaban J connectivity index is 1.86. The van der Waals surface area contributed by atoms with Crippen LogP contribution in [0.3, 0.4) is 0 Å². The van der Waals surface area contributed by atoms with Crippen molar-refractivity contribution in [1.29, 1.82) is 0 Å². The van der Waals surface area contributed by atoms with Crippen LogP contribution < -0.4 is 5.32 Å². The highest BCUT2D eigenvalue weighted by Gasteiger charge is 2.29. The maximum absolute atomic E-state index is 14.1. The van der Waals surface area contributed by atoms with E-state index >= 15 is 0 Å². The zero-order valence-electron chi connectivity index (χ0n) is 14.8. The molecule has 3 heterocycles. The van der Waals surface area contributed by atoms with Gasteiger partial charge in [0.1, 0.15) is 11.3 Å². The van der Waals surface area contributed by atoms with Crippen molar-refractivity contribution in [2.75, 3.05) is 5.32 Å². The van der Waals surface area contributed by atoms with Crippen molar-refractivity contribution in [3.8, 4) is 0 Å². The number of hydrogen-bond donors (Lipinski definition) is 1. The lowest BCUT2D eigenvalue weighted by Crippen LogP contribution is -2.12. The summed E-state index contributed by atoms with van der Waals surface area (Å²) in [5.41, 5.74) is 2.09. The molecule has 1 atom stereocenters. The summed E-state index contributed by atoms with van der Waals surface area (Å²) in [6.45, 7) is -0.560. The first kappa shape index (κ1) is 18.0. The van der Waals surface area contributed by atoms with E-state index in [2.05, 4.69) is 27.4 Å². The van der Waals surface area contributed by atoms with Crippen molar-refractivity contribution in [3.63, 3.8) is 0 Å². The quantitative estimate of drug-likeness (QED) is 0.439. The fourth-order valence-corrected chi connectivity index (χ4v) is 3.96. The molecule has 1 N–H and O–H groups in total. The Hall–Kier alpha value is -2.41. The van der Waals surface area contributed by atoms with Gasteiger partial charge >= 0.3 is 6.55 Å². The highest BCUT2D eigenvalue weighted by Crippen LogP contribution is 2.41.